The van der Waals surface area contributed by atoms with Crippen LogP contribution in [0.4, 0.5) is 8.78 Å². The summed E-state index contributed by atoms with van der Waals surface area (Å²) in [5.41, 5.74) is 2.50. The fourth-order valence-corrected chi connectivity index (χ4v) is 5.49. The number of rotatable bonds is 5. The van der Waals surface area contributed by atoms with Crippen molar-refractivity contribution in [1.29, 1.82) is 0 Å². The summed E-state index contributed by atoms with van der Waals surface area (Å²) in [5, 5.41) is -0.0930. The summed E-state index contributed by atoms with van der Waals surface area (Å²) < 4.78 is 47.3. The van der Waals surface area contributed by atoms with Crippen molar-refractivity contribution in [2.45, 2.75) is 52.4 Å². The standard InChI is InChI=1S/C27H29F2O4P/c1-16-4-6-19(7-5-16)23-10-8-20(14-25(23)28)24-11-9-21(15-26(24)29)33-27-17(2)12-22(13-18(27)3)34(30,31)32/h8-16,19H,4-7H2,1-3H3,(H2,30,31,32)/t16-,19-. The molecule has 0 bridgehead atoms. The molecule has 34 heavy (non-hydrogen) atoms. The first-order valence-corrected chi connectivity index (χ1v) is 13.1. The molecule has 2 N–H and O–H groups in total. The topological polar surface area (TPSA) is 66.8 Å². The highest BCUT2D eigenvalue weighted by Crippen LogP contribution is 2.39. The quantitative estimate of drug-likeness (QED) is 0.376. The van der Waals surface area contributed by atoms with E-state index in [4.69, 9.17) is 4.74 Å². The Labute approximate surface area is 198 Å². The van der Waals surface area contributed by atoms with Crippen LogP contribution in [0.5, 0.6) is 11.5 Å². The lowest BCUT2D eigenvalue weighted by molar-refractivity contribution is 0.342. The largest absolute Gasteiger partial charge is 0.457 e. The molecule has 7 heteroatoms. The lowest BCUT2D eigenvalue weighted by Gasteiger charge is -2.26. The molecule has 0 amide bonds. The minimum atomic E-state index is -4.39. The van der Waals surface area contributed by atoms with Gasteiger partial charge in [-0.05, 0) is 91.1 Å². The van der Waals surface area contributed by atoms with Gasteiger partial charge in [-0.3, -0.25) is 4.57 Å². The highest BCUT2D eigenvalue weighted by molar-refractivity contribution is 7.60. The molecule has 1 saturated carbocycles. The fraction of sp³-hybridized carbons (Fsp3) is 0.333. The molecule has 4 rings (SSSR count). The summed E-state index contributed by atoms with van der Waals surface area (Å²) >= 11 is 0. The molecule has 0 heterocycles. The van der Waals surface area contributed by atoms with Crippen molar-refractivity contribution in [2.75, 3.05) is 0 Å². The van der Waals surface area contributed by atoms with Gasteiger partial charge in [-0.25, -0.2) is 8.78 Å². The zero-order valence-electron chi connectivity index (χ0n) is 19.5. The number of ether oxygens (including phenoxy) is 1. The Bertz CT molecular complexity index is 1240. The summed E-state index contributed by atoms with van der Waals surface area (Å²) in [7, 11) is -4.39. The third-order valence-electron chi connectivity index (χ3n) is 6.71. The molecule has 0 spiro atoms. The summed E-state index contributed by atoms with van der Waals surface area (Å²) in [6.45, 7) is 5.57. The molecule has 0 aliphatic heterocycles. The van der Waals surface area contributed by atoms with E-state index < -0.39 is 13.4 Å². The molecule has 3 aromatic carbocycles. The minimum absolute atomic E-state index is 0.0930. The Balaban J connectivity index is 1.56. The van der Waals surface area contributed by atoms with Gasteiger partial charge in [0.25, 0.3) is 0 Å². The van der Waals surface area contributed by atoms with Crippen molar-refractivity contribution in [3.05, 3.63) is 76.9 Å². The van der Waals surface area contributed by atoms with Crippen molar-refractivity contribution in [3.8, 4) is 22.6 Å². The highest BCUT2D eigenvalue weighted by atomic mass is 31.2. The van der Waals surface area contributed by atoms with Gasteiger partial charge >= 0.3 is 7.60 Å². The van der Waals surface area contributed by atoms with Crippen LogP contribution in [0.15, 0.2) is 48.5 Å². The highest BCUT2D eigenvalue weighted by Gasteiger charge is 2.23. The molecule has 1 aliphatic carbocycles. The third-order valence-corrected chi connectivity index (χ3v) is 7.64. The summed E-state index contributed by atoms with van der Waals surface area (Å²) in [6.07, 6.45) is 4.16. The molecule has 0 saturated heterocycles. The molecule has 0 atom stereocenters. The van der Waals surface area contributed by atoms with E-state index in [1.54, 1.807) is 38.1 Å². The SMILES string of the molecule is Cc1cc(P(=O)(O)O)cc(C)c1Oc1ccc(-c2ccc([C@H]3CC[C@H](C)CC3)c(F)c2)c(F)c1. The van der Waals surface area contributed by atoms with Crippen LogP contribution in [0, 0.1) is 31.4 Å². The van der Waals surface area contributed by atoms with Gasteiger partial charge in [-0.2, -0.15) is 0 Å². The smallest absolute Gasteiger partial charge is 0.356 e. The predicted molar refractivity (Wildman–Crippen MR) is 130 cm³/mol. The third kappa shape index (κ3) is 5.25. The van der Waals surface area contributed by atoms with Crippen molar-refractivity contribution < 1.29 is 27.9 Å². The second-order valence-corrected chi connectivity index (χ2v) is 11.0. The van der Waals surface area contributed by atoms with Gasteiger partial charge < -0.3 is 14.5 Å². The minimum Gasteiger partial charge on any atom is -0.457 e. The average molecular weight is 486 g/mol. The number of hydrogen-bond acceptors (Lipinski definition) is 2. The normalized spacial score (nSPS) is 18.7. The van der Waals surface area contributed by atoms with E-state index in [0.717, 1.165) is 25.7 Å². The van der Waals surface area contributed by atoms with E-state index >= 15 is 0 Å². The van der Waals surface area contributed by atoms with Crippen LogP contribution in [0.3, 0.4) is 0 Å². The Hall–Kier alpha value is -2.53. The lowest BCUT2D eigenvalue weighted by atomic mass is 9.79. The monoisotopic (exact) mass is 486 g/mol. The molecule has 3 aromatic rings. The van der Waals surface area contributed by atoms with Gasteiger partial charge in [0.15, 0.2) is 0 Å². The molecule has 0 unspecified atom stereocenters. The van der Waals surface area contributed by atoms with Gasteiger partial charge in [-0.15, -0.1) is 0 Å². The Morgan fingerprint density at radius 2 is 1.53 bits per heavy atom. The van der Waals surface area contributed by atoms with E-state index in [0.29, 0.717) is 33.9 Å². The van der Waals surface area contributed by atoms with Crippen LogP contribution in [0.2, 0.25) is 0 Å². The molecule has 1 aliphatic rings. The van der Waals surface area contributed by atoms with E-state index in [1.165, 1.54) is 24.3 Å². The van der Waals surface area contributed by atoms with Crippen LogP contribution in [0.1, 0.15) is 55.2 Å². The Kier molecular flexibility index (Phi) is 6.95. The Morgan fingerprint density at radius 3 is 2.09 bits per heavy atom. The molecule has 0 aromatic heterocycles. The van der Waals surface area contributed by atoms with Crippen molar-refractivity contribution in [3.63, 3.8) is 0 Å². The first-order chi connectivity index (χ1) is 16.0. The van der Waals surface area contributed by atoms with Gasteiger partial charge in [0.1, 0.15) is 23.1 Å². The Morgan fingerprint density at radius 1 is 0.882 bits per heavy atom. The van der Waals surface area contributed by atoms with Crippen molar-refractivity contribution >= 4 is 12.9 Å². The van der Waals surface area contributed by atoms with Crippen LogP contribution in [0.25, 0.3) is 11.1 Å². The van der Waals surface area contributed by atoms with Gasteiger partial charge in [0, 0.05) is 11.6 Å². The maximum Gasteiger partial charge on any atom is 0.356 e. The van der Waals surface area contributed by atoms with Gasteiger partial charge in [0.05, 0.1) is 5.30 Å². The number of benzene rings is 3. The van der Waals surface area contributed by atoms with Crippen molar-refractivity contribution in [1.82, 2.24) is 0 Å². The van der Waals surface area contributed by atoms with Crippen LogP contribution in [-0.4, -0.2) is 9.79 Å². The number of aryl methyl sites for hydroxylation is 2. The second kappa shape index (κ2) is 9.61. The zero-order valence-corrected chi connectivity index (χ0v) is 20.4. The number of hydrogen-bond donors (Lipinski definition) is 2. The molecular formula is C27H29F2O4P. The van der Waals surface area contributed by atoms with E-state index in [-0.39, 0.29) is 28.4 Å². The van der Waals surface area contributed by atoms with Gasteiger partial charge in [-0.1, -0.05) is 31.9 Å². The summed E-state index contributed by atoms with van der Waals surface area (Å²) in [5.74, 6) is 0.706. The maximum atomic E-state index is 15.0. The second-order valence-electron chi connectivity index (χ2n) is 9.39. The average Bonchev–Trinajstić information content (AvgIpc) is 2.76. The summed E-state index contributed by atoms with van der Waals surface area (Å²) in [4.78, 5) is 18.8. The van der Waals surface area contributed by atoms with E-state index in [2.05, 4.69) is 6.92 Å². The molecule has 180 valence electrons. The predicted octanol–water partition coefficient (Wildman–Crippen LogP) is 7.14. The fourth-order valence-electron chi connectivity index (χ4n) is 4.76. The molecule has 0 radical (unpaired) electrons. The molecule has 1 fully saturated rings. The van der Waals surface area contributed by atoms with Gasteiger partial charge in [0.2, 0.25) is 0 Å². The first kappa shape index (κ1) is 24.6. The number of halogens is 2. The molecule has 4 nitrogen and oxygen atoms in total. The van der Waals surface area contributed by atoms with Crippen LogP contribution < -0.4 is 10.0 Å². The van der Waals surface area contributed by atoms with Crippen molar-refractivity contribution in [2.24, 2.45) is 5.92 Å². The van der Waals surface area contributed by atoms with Crippen LogP contribution >= 0.6 is 7.60 Å². The summed E-state index contributed by atoms with van der Waals surface area (Å²) in [6, 6.07) is 12.1. The lowest BCUT2D eigenvalue weighted by Crippen LogP contribution is -2.12. The van der Waals surface area contributed by atoms with E-state index in [9.17, 15) is 23.1 Å². The first-order valence-electron chi connectivity index (χ1n) is 11.5. The zero-order chi connectivity index (χ0) is 24.6. The maximum absolute atomic E-state index is 15.0. The van der Waals surface area contributed by atoms with Crippen LogP contribution in [-0.2, 0) is 4.57 Å². The molecular weight excluding hydrogens is 457 g/mol. The van der Waals surface area contributed by atoms with E-state index in [1.807, 2.05) is 0 Å².